The van der Waals surface area contributed by atoms with Crippen molar-refractivity contribution < 1.29 is 29.8 Å². The van der Waals surface area contributed by atoms with E-state index in [9.17, 15) is 18.0 Å². The molecule has 2 aliphatic rings. The smallest absolute Gasteiger partial charge is 0.416 e. The number of aromatic nitrogens is 3. The molecule has 174 valence electrons. The van der Waals surface area contributed by atoms with Crippen LogP contribution in [0, 0.1) is 5.82 Å². The van der Waals surface area contributed by atoms with Gasteiger partial charge in [-0.3, -0.25) is 9.20 Å². The second-order valence-corrected chi connectivity index (χ2v) is 8.25. The van der Waals surface area contributed by atoms with Crippen LogP contribution < -0.4 is 10.5 Å². The molecule has 11 heteroatoms. The van der Waals surface area contributed by atoms with Crippen LogP contribution in [0.2, 0.25) is 0 Å². The van der Waals surface area contributed by atoms with Crippen molar-refractivity contribution in [2.75, 3.05) is 12.2 Å². The molecule has 4 heterocycles. The summed E-state index contributed by atoms with van der Waals surface area (Å²) in [5.41, 5.74) is 5.75. The van der Waals surface area contributed by atoms with E-state index < -0.39 is 47.7 Å². The minimum atomic E-state index is -4.60. The minimum absolute atomic E-state index is 0.0712. The number of piperidine rings is 1. The van der Waals surface area contributed by atoms with Crippen LogP contribution in [0.15, 0.2) is 42.9 Å². The molecule has 2 bridgehead atoms. The van der Waals surface area contributed by atoms with Crippen molar-refractivity contribution in [3.63, 3.8) is 0 Å². The maximum atomic E-state index is 15.2. The summed E-state index contributed by atoms with van der Waals surface area (Å²) in [7, 11) is 0. The molecule has 2 aliphatic heterocycles. The number of benzene rings is 2. The van der Waals surface area contributed by atoms with Gasteiger partial charge in [-0.25, -0.2) is 14.4 Å². The number of nitrogens with two attached hydrogens (primary N) is 1. The first kappa shape index (κ1) is 18.5. The monoisotopic (exact) mass is 473 g/mol. The summed E-state index contributed by atoms with van der Waals surface area (Å²) in [5, 5.41) is 0. The maximum Gasteiger partial charge on any atom is 0.416 e. The fraction of sp³-hybridized carbons (Fsp3) is 0.261. The molecule has 1 saturated heterocycles. The van der Waals surface area contributed by atoms with Crippen LogP contribution in [0.3, 0.4) is 0 Å². The number of nitrogen functional groups attached to an aromatic ring is 1. The van der Waals surface area contributed by atoms with Crippen molar-refractivity contribution in [2.24, 2.45) is 0 Å². The third kappa shape index (κ3) is 3.06. The van der Waals surface area contributed by atoms with E-state index in [1.165, 1.54) is 29.1 Å². The predicted molar refractivity (Wildman–Crippen MR) is 114 cm³/mol. The normalized spacial score (nSPS) is 22.2. The van der Waals surface area contributed by atoms with Gasteiger partial charge in [0.15, 0.2) is 0 Å². The first-order valence-electron chi connectivity index (χ1n) is 11.4. The van der Waals surface area contributed by atoms with Crippen LogP contribution >= 0.6 is 0 Å². The van der Waals surface area contributed by atoms with Crippen LogP contribution in [0.25, 0.3) is 16.6 Å². The molecule has 1 fully saturated rings. The molecule has 4 aromatic rings. The number of alkyl halides is 3. The number of halogens is 4. The number of ether oxygens (including phenoxy) is 1. The molecule has 2 N–H and O–H groups in total. The third-order valence-corrected chi connectivity index (χ3v) is 6.20. The van der Waals surface area contributed by atoms with Crippen LogP contribution in [-0.2, 0) is 6.18 Å². The third-order valence-electron chi connectivity index (χ3n) is 6.20. The molecular weight excluding hydrogens is 454 g/mol. The second-order valence-electron chi connectivity index (χ2n) is 8.25. The van der Waals surface area contributed by atoms with Crippen LogP contribution in [0.5, 0.6) is 5.75 Å². The highest BCUT2D eigenvalue weighted by Crippen LogP contribution is 2.45. The molecule has 2 aromatic carbocycles. The number of hydrogen-bond acceptors (Lipinski definition) is 5. The number of fused-ring (bicyclic) bond motifs is 7. The Kier molecular flexibility index (Phi) is 3.84. The van der Waals surface area contributed by atoms with Crippen LogP contribution in [0.4, 0.5) is 23.4 Å². The highest BCUT2D eigenvalue weighted by atomic mass is 19.4. The largest absolute Gasteiger partial charge is 0.490 e. The Labute approximate surface area is 192 Å². The van der Waals surface area contributed by atoms with Crippen molar-refractivity contribution in [1.29, 1.82) is 0 Å². The molecule has 0 radical (unpaired) electrons. The Hall–Kier alpha value is -3.89. The van der Waals surface area contributed by atoms with Gasteiger partial charge < -0.3 is 15.4 Å². The lowest BCUT2D eigenvalue weighted by Gasteiger charge is -2.44. The van der Waals surface area contributed by atoms with Gasteiger partial charge in [0.05, 0.1) is 40.7 Å². The van der Waals surface area contributed by atoms with E-state index in [1.54, 1.807) is 0 Å². The van der Waals surface area contributed by atoms with Gasteiger partial charge in [0.2, 0.25) is 0 Å². The zero-order valence-corrected chi connectivity index (χ0v) is 17.3. The van der Waals surface area contributed by atoms with Crippen molar-refractivity contribution >= 4 is 28.3 Å². The van der Waals surface area contributed by atoms with Crippen molar-refractivity contribution in [1.82, 2.24) is 19.3 Å². The molecule has 0 unspecified atom stereocenters. The van der Waals surface area contributed by atoms with E-state index >= 15 is 4.39 Å². The zero-order chi connectivity index (χ0) is 25.6. The molecule has 34 heavy (non-hydrogen) atoms. The number of amides is 1. The van der Waals surface area contributed by atoms with Crippen molar-refractivity contribution in [2.45, 2.75) is 31.2 Å². The fourth-order valence-electron chi connectivity index (χ4n) is 4.58. The molecule has 0 spiro atoms. The molecule has 0 saturated carbocycles. The second kappa shape index (κ2) is 7.05. The van der Waals surface area contributed by atoms with Crippen molar-refractivity contribution in [3.8, 4) is 5.75 Å². The minimum Gasteiger partial charge on any atom is -0.490 e. The lowest BCUT2D eigenvalue weighted by atomic mass is 9.88. The van der Waals surface area contributed by atoms with E-state index in [2.05, 4.69) is 9.97 Å². The Morgan fingerprint density at radius 3 is 2.85 bits per heavy atom. The number of rotatable bonds is 1. The summed E-state index contributed by atoms with van der Waals surface area (Å²) in [4.78, 5) is 22.8. The molecule has 2 atom stereocenters. The molecule has 7 nitrogen and oxygen atoms in total. The van der Waals surface area contributed by atoms with Gasteiger partial charge >= 0.3 is 6.18 Å². The first-order valence-corrected chi connectivity index (χ1v) is 10.4. The maximum absolute atomic E-state index is 15.2. The van der Waals surface area contributed by atoms with Crippen LogP contribution in [-0.4, -0.2) is 37.8 Å². The fourth-order valence-corrected chi connectivity index (χ4v) is 4.58. The average molecular weight is 473 g/mol. The summed E-state index contributed by atoms with van der Waals surface area (Å²) in [6.07, 6.45) is -2.58. The van der Waals surface area contributed by atoms with Gasteiger partial charge in [0.25, 0.3) is 5.91 Å². The van der Waals surface area contributed by atoms with Gasteiger partial charge in [0, 0.05) is 33.7 Å². The van der Waals surface area contributed by atoms with Crippen molar-refractivity contribution in [3.05, 3.63) is 65.4 Å². The SMILES string of the molecule is [2H]C1([2H])C[C@H]2C[C@@H](c3ccc(C(F)(F)F)cc3O2)N1C(=O)c1cc2c(cc1F)nc(N)c1cncn12. The quantitative estimate of drug-likeness (QED) is 0.415. The highest BCUT2D eigenvalue weighted by molar-refractivity contribution is 5.99. The zero-order valence-electron chi connectivity index (χ0n) is 19.3. The lowest BCUT2D eigenvalue weighted by molar-refractivity contribution is -0.137. The first-order chi connectivity index (χ1) is 16.9. The van der Waals surface area contributed by atoms with Gasteiger partial charge in [-0.15, -0.1) is 0 Å². The highest BCUT2D eigenvalue weighted by Gasteiger charge is 2.41. The van der Waals surface area contributed by atoms with Gasteiger partial charge in [0.1, 0.15) is 29.0 Å². The topological polar surface area (TPSA) is 85.8 Å². The predicted octanol–water partition coefficient (Wildman–Crippen LogP) is 4.36. The number of likely N-dealkylation sites (tertiary alicyclic amines) is 1. The van der Waals surface area contributed by atoms with Gasteiger partial charge in [-0.1, -0.05) is 6.07 Å². The van der Waals surface area contributed by atoms with E-state index in [4.69, 9.17) is 13.2 Å². The standard InChI is InChI=1S/C23H17F4N5O2/c24-15-8-16-18(32-10-29-9-19(32)21(28)30-16)7-14(15)22(33)31-4-3-12-6-17(31)13-2-1-11(23(25,26)27)5-20(13)34-12/h1-2,5,7-10,12,17H,3-4,6H2,(H2,28,30)/t12-,17-/m0/s1/i4D2. The molecule has 0 aliphatic carbocycles. The number of imidazole rings is 1. The van der Waals surface area contributed by atoms with Gasteiger partial charge in [-0.05, 0) is 18.2 Å². The number of anilines is 1. The van der Waals surface area contributed by atoms with E-state index in [-0.39, 0.29) is 35.5 Å². The Morgan fingerprint density at radius 2 is 2.06 bits per heavy atom. The number of carbonyl (C=O) groups is 1. The summed E-state index contributed by atoms with van der Waals surface area (Å²) in [6, 6.07) is 4.22. The summed E-state index contributed by atoms with van der Waals surface area (Å²) in [6.45, 7) is -2.25. The van der Waals surface area contributed by atoms with Crippen LogP contribution in [0.1, 0.15) is 43.1 Å². The number of nitrogens with zero attached hydrogens (tertiary/aromatic N) is 4. The summed E-state index contributed by atoms with van der Waals surface area (Å²) < 4.78 is 79.2. The Bertz CT molecular complexity index is 1570. The molecule has 2 aromatic heterocycles. The average Bonchev–Trinajstić information content (AvgIpc) is 3.28. The Morgan fingerprint density at radius 1 is 1.24 bits per heavy atom. The number of carbonyl (C=O) groups excluding carboxylic acids is 1. The van der Waals surface area contributed by atoms with E-state index in [0.29, 0.717) is 11.0 Å². The number of hydrogen-bond donors (Lipinski definition) is 1. The summed E-state index contributed by atoms with van der Waals surface area (Å²) >= 11 is 0. The summed E-state index contributed by atoms with van der Waals surface area (Å²) in [5.74, 6) is -1.83. The van der Waals surface area contributed by atoms with E-state index in [0.717, 1.165) is 23.1 Å². The van der Waals surface area contributed by atoms with Gasteiger partial charge in [-0.2, -0.15) is 13.2 Å². The molecule has 6 rings (SSSR count). The van der Waals surface area contributed by atoms with E-state index in [1.807, 2.05) is 0 Å². The Balaban J connectivity index is 1.48. The molecule has 1 amide bonds. The molecular formula is C23H17F4N5O2. The lowest BCUT2D eigenvalue weighted by Crippen LogP contribution is -2.46.